The van der Waals surface area contributed by atoms with E-state index >= 15 is 0 Å². The third-order valence-electron chi connectivity index (χ3n) is 10.3. The molecule has 0 saturated heterocycles. The number of hydrogen-bond donors (Lipinski definition) is 2. The third-order valence-corrected chi connectivity index (χ3v) is 10.8. The minimum atomic E-state index is -4.76. The summed E-state index contributed by atoms with van der Waals surface area (Å²) in [7, 11) is -4.76. The molecule has 0 aromatic carbocycles. The van der Waals surface area contributed by atoms with Gasteiger partial charge < -0.3 is 19.3 Å². The summed E-state index contributed by atoms with van der Waals surface area (Å²) in [5.74, 6) is -0.908. The Labute approximate surface area is 333 Å². The number of carbonyl (C=O) groups excluding carboxylic acids is 2. The predicted octanol–water partition coefficient (Wildman–Crippen LogP) is 14.2. The van der Waals surface area contributed by atoms with Crippen molar-refractivity contribution in [3.8, 4) is 0 Å². The van der Waals surface area contributed by atoms with Crippen molar-refractivity contribution in [3.05, 3.63) is 12.2 Å². The summed E-state index contributed by atoms with van der Waals surface area (Å²) in [6.45, 7) is 3.70. The van der Waals surface area contributed by atoms with Crippen LogP contribution in [0.5, 0.6) is 0 Å². The topological polar surface area (TPSA) is 119 Å². The van der Waals surface area contributed by atoms with Crippen molar-refractivity contribution in [1.29, 1.82) is 0 Å². The molecule has 320 valence electrons. The molecule has 0 aromatic heterocycles. The van der Waals surface area contributed by atoms with Crippen molar-refractivity contribution in [3.63, 3.8) is 0 Å². The predicted molar refractivity (Wildman–Crippen MR) is 226 cm³/mol. The van der Waals surface area contributed by atoms with Gasteiger partial charge in [0.15, 0.2) is 6.10 Å². The van der Waals surface area contributed by atoms with Gasteiger partial charge in [0.2, 0.25) is 0 Å². The minimum absolute atomic E-state index is 0.169. The van der Waals surface area contributed by atoms with Gasteiger partial charge in [-0.25, -0.2) is 4.57 Å². The lowest BCUT2D eigenvalue weighted by atomic mass is 10.0. The lowest BCUT2D eigenvalue weighted by Crippen LogP contribution is -2.29. The molecule has 0 bridgehead atoms. The molecule has 0 rings (SSSR count). The van der Waals surface area contributed by atoms with Gasteiger partial charge in [0.25, 0.3) is 0 Å². The van der Waals surface area contributed by atoms with Crippen LogP contribution < -0.4 is 0 Å². The zero-order valence-corrected chi connectivity index (χ0v) is 36.3. The highest BCUT2D eigenvalue weighted by molar-refractivity contribution is 7.46. The van der Waals surface area contributed by atoms with Gasteiger partial charge in [0.1, 0.15) is 6.61 Å². The molecule has 8 nitrogen and oxygen atoms in total. The number of unbranched alkanes of at least 4 members (excludes halogenated alkanes) is 31. The number of hydrogen-bond acceptors (Lipinski definition) is 6. The number of rotatable bonds is 43. The van der Waals surface area contributed by atoms with Crippen molar-refractivity contribution in [1.82, 2.24) is 0 Å². The fraction of sp³-hybridized carbons (Fsp3) is 0.911. The number of phosphoric ester groups is 1. The van der Waals surface area contributed by atoms with Gasteiger partial charge in [-0.05, 0) is 32.1 Å². The van der Waals surface area contributed by atoms with Crippen LogP contribution in [0.1, 0.15) is 245 Å². The Morgan fingerprint density at radius 3 is 1.19 bits per heavy atom. The quantitative estimate of drug-likeness (QED) is 0.0271. The Morgan fingerprint density at radius 1 is 0.463 bits per heavy atom. The standard InChI is InChI=1S/C45H87O8P/c1-3-5-7-9-11-13-15-17-18-19-20-21-22-23-24-25-26-28-30-32-34-36-38-40-45(47)53-43(42-52-54(48,49)50)41-51-44(46)39-37-35-33-31-29-27-16-14-12-10-8-6-4-2/h32,34,43H,3-31,33,35-42H2,1-2H3,(H2,48,49,50)/b34-32+/t43-/m1/s1. The lowest BCUT2D eigenvalue weighted by Gasteiger charge is -2.18. The maximum atomic E-state index is 12.4. The molecule has 9 heteroatoms. The van der Waals surface area contributed by atoms with Gasteiger partial charge in [-0.15, -0.1) is 0 Å². The molecule has 0 saturated carbocycles. The van der Waals surface area contributed by atoms with Crippen molar-refractivity contribution >= 4 is 19.8 Å². The van der Waals surface area contributed by atoms with Crippen LogP contribution in [-0.4, -0.2) is 41.0 Å². The number of esters is 2. The largest absolute Gasteiger partial charge is 0.469 e. The molecular weight excluding hydrogens is 699 g/mol. The average molecular weight is 787 g/mol. The van der Waals surface area contributed by atoms with Crippen LogP contribution in [0.4, 0.5) is 0 Å². The summed E-state index contributed by atoms with van der Waals surface area (Å²) in [5, 5.41) is 0. The highest BCUT2D eigenvalue weighted by Gasteiger charge is 2.22. The molecule has 0 aliphatic rings. The van der Waals surface area contributed by atoms with Crippen LogP contribution in [-0.2, 0) is 28.2 Å². The summed E-state index contributed by atoms with van der Waals surface area (Å²) in [5.41, 5.74) is 0. The summed E-state index contributed by atoms with van der Waals surface area (Å²) in [4.78, 5) is 42.9. The second kappa shape index (κ2) is 41.4. The van der Waals surface area contributed by atoms with Crippen LogP contribution in [0.25, 0.3) is 0 Å². The zero-order valence-electron chi connectivity index (χ0n) is 35.4. The first-order valence-electron chi connectivity index (χ1n) is 23.0. The van der Waals surface area contributed by atoms with Gasteiger partial charge in [-0.3, -0.25) is 14.1 Å². The fourth-order valence-corrected chi connectivity index (χ4v) is 7.21. The Morgan fingerprint density at radius 2 is 0.796 bits per heavy atom. The summed E-state index contributed by atoms with van der Waals surface area (Å²) >= 11 is 0. The molecule has 0 aliphatic carbocycles. The van der Waals surface area contributed by atoms with Crippen molar-refractivity contribution in [2.24, 2.45) is 0 Å². The van der Waals surface area contributed by atoms with E-state index in [1.807, 2.05) is 0 Å². The number of carbonyl (C=O) groups is 2. The number of allylic oxidation sites excluding steroid dienone is 2. The van der Waals surface area contributed by atoms with E-state index in [2.05, 4.69) is 30.5 Å². The van der Waals surface area contributed by atoms with Crippen LogP contribution in [0.2, 0.25) is 0 Å². The molecule has 0 aromatic rings. The smallest absolute Gasteiger partial charge is 0.462 e. The fourth-order valence-electron chi connectivity index (χ4n) is 6.85. The minimum Gasteiger partial charge on any atom is -0.462 e. The first-order valence-corrected chi connectivity index (χ1v) is 24.5. The molecule has 0 heterocycles. The first kappa shape index (κ1) is 52.8. The zero-order chi connectivity index (χ0) is 39.6. The molecule has 2 N–H and O–H groups in total. The average Bonchev–Trinajstić information content (AvgIpc) is 3.14. The van der Waals surface area contributed by atoms with E-state index in [0.717, 1.165) is 32.1 Å². The molecule has 1 atom stereocenters. The summed E-state index contributed by atoms with van der Waals surface area (Å²) in [6, 6.07) is 0. The van der Waals surface area contributed by atoms with Gasteiger partial charge in [-0.1, -0.05) is 212 Å². The highest BCUT2D eigenvalue weighted by atomic mass is 31.2. The van der Waals surface area contributed by atoms with E-state index in [4.69, 9.17) is 19.3 Å². The van der Waals surface area contributed by atoms with E-state index in [-0.39, 0.29) is 19.4 Å². The molecule has 0 radical (unpaired) electrons. The number of ether oxygens (including phenoxy) is 2. The van der Waals surface area contributed by atoms with Crippen LogP contribution in [0, 0.1) is 0 Å². The van der Waals surface area contributed by atoms with Crippen molar-refractivity contribution < 1.29 is 37.9 Å². The van der Waals surface area contributed by atoms with Crippen molar-refractivity contribution in [2.75, 3.05) is 13.2 Å². The second-order valence-corrected chi connectivity index (χ2v) is 17.0. The molecule has 0 aliphatic heterocycles. The molecule has 0 fully saturated rings. The monoisotopic (exact) mass is 787 g/mol. The Balaban J connectivity index is 3.83. The lowest BCUT2D eigenvalue weighted by molar-refractivity contribution is -0.161. The highest BCUT2D eigenvalue weighted by Crippen LogP contribution is 2.36. The Bertz CT molecular complexity index is 889. The van der Waals surface area contributed by atoms with Gasteiger partial charge in [0.05, 0.1) is 6.61 Å². The maximum Gasteiger partial charge on any atom is 0.469 e. The molecule has 0 amide bonds. The third kappa shape index (κ3) is 43.5. The van der Waals surface area contributed by atoms with Gasteiger partial charge in [-0.2, -0.15) is 0 Å². The van der Waals surface area contributed by atoms with Crippen LogP contribution >= 0.6 is 7.82 Å². The van der Waals surface area contributed by atoms with E-state index in [0.29, 0.717) is 6.42 Å². The first-order chi connectivity index (χ1) is 26.3. The van der Waals surface area contributed by atoms with E-state index in [1.54, 1.807) is 0 Å². The maximum absolute atomic E-state index is 12.4. The Kier molecular flexibility index (Phi) is 40.5. The number of phosphoric acid groups is 1. The van der Waals surface area contributed by atoms with Gasteiger partial charge >= 0.3 is 19.8 Å². The van der Waals surface area contributed by atoms with Crippen molar-refractivity contribution in [2.45, 2.75) is 251 Å². The van der Waals surface area contributed by atoms with E-state index in [1.165, 1.54) is 180 Å². The second-order valence-electron chi connectivity index (χ2n) is 15.7. The molecular formula is C45H87O8P. The van der Waals surface area contributed by atoms with Gasteiger partial charge in [0, 0.05) is 12.8 Å². The molecule has 54 heavy (non-hydrogen) atoms. The summed E-state index contributed by atoms with van der Waals surface area (Å²) < 4.78 is 26.4. The molecule has 0 unspecified atom stereocenters. The summed E-state index contributed by atoms with van der Waals surface area (Å²) in [6.07, 6.45) is 46.7. The SMILES string of the molecule is CCCCCCCCCCCCCCCCCCCC/C=C/CCCC(=O)O[C@H](COC(=O)CCCCCCCCCCCCCCC)COP(=O)(O)O. The van der Waals surface area contributed by atoms with E-state index < -0.39 is 32.5 Å². The van der Waals surface area contributed by atoms with Crippen LogP contribution in [0.15, 0.2) is 12.2 Å². The Hall–Kier alpha value is -1.21. The normalized spacial score (nSPS) is 12.4. The van der Waals surface area contributed by atoms with E-state index in [9.17, 15) is 14.2 Å². The van der Waals surface area contributed by atoms with Crippen LogP contribution in [0.3, 0.4) is 0 Å². The molecule has 0 spiro atoms.